The van der Waals surface area contributed by atoms with Gasteiger partial charge in [-0.25, -0.2) is 9.18 Å². The zero-order chi connectivity index (χ0) is 10.7. The minimum absolute atomic E-state index is 0.0225. The van der Waals surface area contributed by atoms with Gasteiger partial charge in [-0.2, -0.15) is 0 Å². The number of carbonyl (C=O) groups excluding carboxylic acids is 2. The van der Waals surface area contributed by atoms with Gasteiger partial charge in [0.05, 0.1) is 5.02 Å². The Kier molecular flexibility index (Phi) is 3.03. The molecule has 0 aromatic heterocycles. The van der Waals surface area contributed by atoms with Crippen LogP contribution in [0.1, 0.15) is 10.4 Å². The Balaban J connectivity index is 2.91. The van der Waals surface area contributed by atoms with Crippen LogP contribution in [0.4, 0.5) is 9.18 Å². The van der Waals surface area contributed by atoms with E-state index < -0.39 is 17.8 Å². The van der Waals surface area contributed by atoms with Crippen molar-refractivity contribution < 1.29 is 14.0 Å². The Labute approximate surface area is 83.8 Å². The lowest BCUT2D eigenvalue weighted by Crippen LogP contribution is -2.34. The molecule has 0 fully saturated rings. The summed E-state index contributed by atoms with van der Waals surface area (Å²) in [6.07, 6.45) is 0. The fraction of sp³-hybridized carbons (Fsp3) is 0. The van der Waals surface area contributed by atoms with E-state index in [4.69, 9.17) is 17.3 Å². The van der Waals surface area contributed by atoms with Crippen molar-refractivity contribution >= 4 is 23.5 Å². The molecule has 0 heterocycles. The van der Waals surface area contributed by atoms with Crippen molar-refractivity contribution in [1.82, 2.24) is 5.32 Å². The molecule has 0 aliphatic carbocycles. The predicted octanol–water partition coefficient (Wildman–Crippen LogP) is 1.29. The molecule has 0 bridgehead atoms. The topological polar surface area (TPSA) is 72.2 Å². The molecule has 14 heavy (non-hydrogen) atoms. The number of halogens is 2. The molecular weight excluding hydrogens is 211 g/mol. The van der Waals surface area contributed by atoms with Gasteiger partial charge in [-0.15, -0.1) is 0 Å². The van der Waals surface area contributed by atoms with E-state index in [0.29, 0.717) is 0 Å². The van der Waals surface area contributed by atoms with Gasteiger partial charge in [-0.3, -0.25) is 10.1 Å². The smallest absolute Gasteiger partial charge is 0.319 e. The zero-order valence-corrected chi connectivity index (χ0v) is 7.64. The minimum atomic E-state index is -0.995. The van der Waals surface area contributed by atoms with E-state index >= 15 is 0 Å². The highest BCUT2D eigenvalue weighted by molar-refractivity contribution is 6.30. The second-order valence-corrected chi connectivity index (χ2v) is 2.85. The molecule has 0 aliphatic rings. The van der Waals surface area contributed by atoms with Gasteiger partial charge in [-0.1, -0.05) is 11.6 Å². The van der Waals surface area contributed by atoms with E-state index in [2.05, 4.69) is 0 Å². The number of nitrogens with one attached hydrogen (secondary N) is 1. The third-order valence-electron chi connectivity index (χ3n) is 1.42. The second-order valence-electron chi connectivity index (χ2n) is 2.45. The molecular formula is C8H6ClFN2O2. The summed E-state index contributed by atoms with van der Waals surface area (Å²) in [4.78, 5) is 21.4. The summed E-state index contributed by atoms with van der Waals surface area (Å²) in [5.74, 6) is -1.50. The van der Waals surface area contributed by atoms with Gasteiger partial charge in [0.1, 0.15) is 5.82 Å². The van der Waals surface area contributed by atoms with Crippen molar-refractivity contribution in [2.75, 3.05) is 0 Å². The highest BCUT2D eigenvalue weighted by Gasteiger charge is 2.09. The van der Waals surface area contributed by atoms with Crippen LogP contribution in [0.15, 0.2) is 18.2 Å². The molecule has 0 aliphatic heterocycles. The molecule has 74 valence electrons. The maximum Gasteiger partial charge on any atom is 0.319 e. The normalized spacial score (nSPS) is 9.57. The first-order valence-corrected chi connectivity index (χ1v) is 3.94. The summed E-state index contributed by atoms with van der Waals surface area (Å²) in [5.41, 5.74) is 4.69. The van der Waals surface area contributed by atoms with Crippen molar-refractivity contribution in [3.8, 4) is 0 Å². The molecule has 1 rings (SSSR count). The summed E-state index contributed by atoms with van der Waals surface area (Å²) in [5, 5.41) is 1.70. The third-order valence-corrected chi connectivity index (χ3v) is 1.73. The van der Waals surface area contributed by atoms with Crippen molar-refractivity contribution in [3.05, 3.63) is 34.6 Å². The first kappa shape index (κ1) is 10.5. The lowest BCUT2D eigenvalue weighted by molar-refractivity contribution is 0.0966. The van der Waals surface area contributed by atoms with Crippen molar-refractivity contribution in [3.63, 3.8) is 0 Å². The van der Waals surface area contributed by atoms with Crippen molar-refractivity contribution in [2.45, 2.75) is 0 Å². The number of carbonyl (C=O) groups is 2. The van der Waals surface area contributed by atoms with E-state index in [9.17, 15) is 14.0 Å². The van der Waals surface area contributed by atoms with Gasteiger partial charge in [0.25, 0.3) is 5.91 Å². The molecule has 0 radical (unpaired) electrons. The Morgan fingerprint density at radius 1 is 1.43 bits per heavy atom. The van der Waals surface area contributed by atoms with Crippen LogP contribution in [-0.4, -0.2) is 11.9 Å². The molecule has 0 saturated carbocycles. The Morgan fingerprint density at radius 2 is 2.07 bits per heavy atom. The lowest BCUT2D eigenvalue weighted by atomic mass is 10.2. The summed E-state index contributed by atoms with van der Waals surface area (Å²) in [6.45, 7) is 0. The largest absolute Gasteiger partial charge is 0.351 e. The Morgan fingerprint density at radius 3 is 2.57 bits per heavy atom. The summed E-state index contributed by atoms with van der Waals surface area (Å²) < 4.78 is 12.8. The molecule has 0 spiro atoms. The molecule has 1 aromatic carbocycles. The molecule has 0 saturated heterocycles. The van der Waals surface area contributed by atoms with Crippen LogP contribution in [0, 0.1) is 5.82 Å². The molecule has 3 amide bonds. The van der Waals surface area contributed by atoms with Crippen LogP contribution in [0.5, 0.6) is 0 Å². The number of rotatable bonds is 1. The number of urea groups is 1. The fourth-order valence-electron chi connectivity index (χ4n) is 0.821. The number of hydrogen-bond acceptors (Lipinski definition) is 2. The standard InChI is InChI=1S/C8H6ClFN2O2/c9-5-2-1-4(3-6(5)10)7(13)12-8(11)14/h1-3H,(H3,11,12,13,14). The van der Waals surface area contributed by atoms with Crippen LogP contribution >= 0.6 is 11.6 Å². The highest BCUT2D eigenvalue weighted by Crippen LogP contribution is 2.15. The van der Waals surface area contributed by atoms with Crippen LogP contribution in [-0.2, 0) is 0 Å². The molecule has 3 N–H and O–H groups in total. The summed E-state index contributed by atoms with van der Waals surface area (Å²) in [7, 11) is 0. The van der Waals surface area contributed by atoms with E-state index in [1.807, 2.05) is 0 Å². The number of nitrogens with two attached hydrogens (primary N) is 1. The van der Waals surface area contributed by atoms with Crippen LogP contribution in [0.25, 0.3) is 0 Å². The van der Waals surface area contributed by atoms with E-state index in [1.165, 1.54) is 12.1 Å². The number of imide groups is 1. The van der Waals surface area contributed by atoms with Crippen LogP contribution < -0.4 is 11.1 Å². The Hall–Kier alpha value is -1.62. The van der Waals surface area contributed by atoms with Crippen LogP contribution in [0.2, 0.25) is 5.02 Å². The number of hydrogen-bond donors (Lipinski definition) is 2. The maximum absolute atomic E-state index is 12.8. The van der Waals surface area contributed by atoms with Gasteiger partial charge >= 0.3 is 6.03 Å². The molecule has 1 aromatic rings. The molecule has 0 unspecified atom stereocenters. The average molecular weight is 217 g/mol. The van der Waals surface area contributed by atoms with Gasteiger partial charge in [-0.05, 0) is 18.2 Å². The first-order chi connectivity index (χ1) is 6.50. The van der Waals surface area contributed by atoms with Crippen LogP contribution in [0.3, 0.4) is 0 Å². The molecule has 0 atom stereocenters. The number of primary amides is 1. The first-order valence-electron chi connectivity index (χ1n) is 3.56. The number of benzene rings is 1. The zero-order valence-electron chi connectivity index (χ0n) is 6.88. The van der Waals surface area contributed by atoms with E-state index in [-0.39, 0.29) is 10.6 Å². The second kappa shape index (κ2) is 4.06. The SMILES string of the molecule is NC(=O)NC(=O)c1ccc(Cl)c(F)c1. The lowest BCUT2D eigenvalue weighted by Gasteiger charge is -2.01. The van der Waals surface area contributed by atoms with Gasteiger partial charge < -0.3 is 5.73 Å². The minimum Gasteiger partial charge on any atom is -0.351 e. The van der Waals surface area contributed by atoms with E-state index in [0.717, 1.165) is 6.07 Å². The van der Waals surface area contributed by atoms with Gasteiger partial charge in [0.2, 0.25) is 0 Å². The molecule has 4 nitrogen and oxygen atoms in total. The maximum atomic E-state index is 12.8. The predicted molar refractivity (Wildman–Crippen MR) is 48.5 cm³/mol. The monoisotopic (exact) mass is 216 g/mol. The number of amides is 3. The Bertz CT molecular complexity index is 395. The fourth-order valence-corrected chi connectivity index (χ4v) is 0.939. The van der Waals surface area contributed by atoms with Crippen molar-refractivity contribution in [2.24, 2.45) is 5.73 Å². The van der Waals surface area contributed by atoms with Gasteiger partial charge in [0, 0.05) is 5.56 Å². The highest BCUT2D eigenvalue weighted by atomic mass is 35.5. The summed E-state index contributed by atoms with van der Waals surface area (Å²) >= 11 is 5.39. The van der Waals surface area contributed by atoms with Gasteiger partial charge in [0.15, 0.2) is 0 Å². The average Bonchev–Trinajstić information content (AvgIpc) is 2.08. The van der Waals surface area contributed by atoms with E-state index in [1.54, 1.807) is 5.32 Å². The quantitative estimate of drug-likeness (QED) is 0.743. The van der Waals surface area contributed by atoms with Crippen molar-refractivity contribution in [1.29, 1.82) is 0 Å². The third kappa shape index (κ3) is 2.43. The molecule has 6 heteroatoms. The summed E-state index contributed by atoms with van der Waals surface area (Å²) in [6, 6.07) is 2.42.